The number of sulfonamides is 1. The van der Waals surface area contributed by atoms with Gasteiger partial charge in [0.05, 0.1) is 18.6 Å². The highest BCUT2D eigenvalue weighted by Gasteiger charge is 2.20. The second-order valence-corrected chi connectivity index (χ2v) is 6.97. The smallest absolute Gasteiger partial charge is 0.264 e. The number of rotatable bonds is 8. The van der Waals surface area contributed by atoms with Gasteiger partial charge in [-0.2, -0.15) is 0 Å². The van der Waals surface area contributed by atoms with Crippen molar-refractivity contribution in [1.29, 1.82) is 0 Å². The Morgan fingerprint density at radius 2 is 1.72 bits per heavy atom. The van der Waals surface area contributed by atoms with Gasteiger partial charge in [-0.25, -0.2) is 8.42 Å². The van der Waals surface area contributed by atoms with E-state index in [9.17, 15) is 13.2 Å². The molecule has 0 aromatic heterocycles. The van der Waals surface area contributed by atoms with Gasteiger partial charge in [0.25, 0.3) is 15.9 Å². The van der Waals surface area contributed by atoms with Gasteiger partial charge in [0.2, 0.25) is 0 Å². The molecule has 134 valence electrons. The summed E-state index contributed by atoms with van der Waals surface area (Å²) in [4.78, 5) is 16.8. The quantitative estimate of drug-likeness (QED) is 0.569. The summed E-state index contributed by atoms with van der Waals surface area (Å²) in [6, 6.07) is 14.9. The molecule has 2 aromatic rings. The lowest BCUT2D eigenvalue weighted by atomic mass is 10.2. The van der Waals surface area contributed by atoms with E-state index in [2.05, 4.69) is 5.32 Å². The molecular weight excluding hydrogens is 344 g/mol. The van der Waals surface area contributed by atoms with Crippen LogP contribution in [0.15, 0.2) is 59.5 Å². The predicted octanol–water partition coefficient (Wildman–Crippen LogP) is 1.68. The van der Waals surface area contributed by atoms with Crippen molar-refractivity contribution in [2.24, 2.45) is 0 Å². The number of hydrogen-bond acceptors (Lipinski definition) is 5. The Balaban J connectivity index is 1.88. The highest BCUT2D eigenvalue weighted by atomic mass is 32.2. The number of nitrogens with zero attached hydrogens (tertiary/aromatic N) is 1. The summed E-state index contributed by atoms with van der Waals surface area (Å²) in [7, 11) is -1.17. The molecule has 7 nitrogen and oxygen atoms in total. The molecule has 0 heterocycles. The number of benzene rings is 2. The van der Waals surface area contributed by atoms with Crippen molar-refractivity contribution in [2.75, 3.05) is 27.3 Å². The molecule has 0 aliphatic carbocycles. The zero-order valence-corrected chi connectivity index (χ0v) is 14.8. The Hall–Kier alpha value is -2.42. The third-order valence-corrected chi connectivity index (χ3v) is 5.10. The minimum absolute atomic E-state index is 0.0424. The van der Waals surface area contributed by atoms with Gasteiger partial charge in [0.15, 0.2) is 0 Å². The molecule has 25 heavy (non-hydrogen) atoms. The van der Waals surface area contributed by atoms with Crippen LogP contribution in [0.4, 0.5) is 0 Å². The normalized spacial score (nSPS) is 11.3. The van der Waals surface area contributed by atoms with Crippen molar-refractivity contribution in [3.63, 3.8) is 0 Å². The first-order chi connectivity index (χ1) is 11.9. The number of amides is 1. The summed E-state index contributed by atoms with van der Waals surface area (Å²) in [5.74, 6) is 0.425. The predicted molar refractivity (Wildman–Crippen MR) is 92.7 cm³/mol. The molecule has 0 saturated heterocycles. The SMILES string of the molecule is CON(C)S(=O)(=O)c1ccc(C(=O)NCCOc2ccccc2)cc1. The lowest BCUT2D eigenvalue weighted by molar-refractivity contribution is -0.0258. The molecule has 8 heteroatoms. The second-order valence-electron chi connectivity index (χ2n) is 5.04. The molecule has 0 bridgehead atoms. The Morgan fingerprint density at radius 3 is 2.32 bits per heavy atom. The molecule has 0 radical (unpaired) electrons. The highest BCUT2D eigenvalue weighted by molar-refractivity contribution is 7.89. The van der Waals surface area contributed by atoms with Crippen LogP contribution in [0.1, 0.15) is 10.4 Å². The van der Waals surface area contributed by atoms with Crippen LogP contribution < -0.4 is 10.1 Å². The van der Waals surface area contributed by atoms with Crippen LogP contribution in [0.25, 0.3) is 0 Å². The number of ether oxygens (including phenoxy) is 1. The third kappa shape index (κ3) is 5.02. The topological polar surface area (TPSA) is 84.9 Å². The zero-order valence-electron chi connectivity index (χ0n) is 14.0. The van der Waals surface area contributed by atoms with E-state index in [1.165, 1.54) is 38.4 Å². The minimum atomic E-state index is -3.72. The van der Waals surface area contributed by atoms with Crippen LogP contribution in [0.2, 0.25) is 0 Å². The van der Waals surface area contributed by atoms with Crippen molar-refractivity contribution in [3.8, 4) is 5.75 Å². The number of para-hydroxylation sites is 1. The number of carbonyl (C=O) groups excluding carboxylic acids is 1. The molecule has 1 N–H and O–H groups in total. The van der Waals surface area contributed by atoms with Gasteiger partial charge in [0.1, 0.15) is 12.4 Å². The fraction of sp³-hybridized carbons (Fsp3) is 0.235. The van der Waals surface area contributed by atoms with Crippen molar-refractivity contribution in [1.82, 2.24) is 9.79 Å². The molecular formula is C17H20N2O5S. The molecule has 0 atom stereocenters. The summed E-state index contributed by atoms with van der Waals surface area (Å²) < 4.78 is 30.4. The maximum absolute atomic E-state index is 12.1. The van der Waals surface area contributed by atoms with Gasteiger partial charge in [-0.05, 0) is 36.4 Å². The summed E-state index contributed by atoms with van der Waals surface area (Å²) in [5, 5.41) is 2.71. The Kier molecular flexibility index (Phi) is 6.51. The van der Waals surface area contributed by atoms with Crippen LogP contribution in [0.3, 0.4) is 0 Å². The van der Waals surface area contributed by atoms with E-state index in [0.717, 1.165) is 10.2 Å². The number of hydrogen-bond donors (Lipinski definition) is 1. The summed E-state index contributed by atoms with van der Waals surface area (Å²) in [5.41, 5.74) is 0.360. The lowest BCUT2D eigenvalue weighted by Crippen LogP contribution is -2.28. The monoisotopic (exact) mass is 364 g/mol. The fourth-order valence-electron chi connectivity index (χ4n) is 1.98. The van der Waals surface area contributed by atoms with Crippen LogP contribution in [0, 0.1) is 0 Å². The van der Waals surface area contributed by atoms with Gasteiger partial charge in [-0.15, -0.1) is 0 Å². The van der Waals surface area contributed by atoms with Gasteiger partial charge >= 0.3 is 0 Å². The lowest BCUT2D eigenvalue weighted by Gasteiger charge is -2.14. The number of carbonyl (C=O) groups is 1. The largest absolute Gasteiger partial charge is 0.492 e. The average molecular weight is 364 g/mol. The third-order valence-electron chi connectivity index (χ3n) is 3.41. The van der Waals surface area contributed by atoms with E-state index < -0.39 is 10.0 Å². The molecule has 1 amide bonds. The van der Waals surface area contributed by atoms with Crippen molar-refractivity contribution in [2.45, 2.75) is 4.90 Å². The van der Waals surface area contributed by atoms with E-state index in [-0.39, 0.29) is 10.8 Å². The maximum atomic E-state index is 12.1. The molecule has 0 fully saturated rings. The summed E-state index contributed by atoms with van der Waals surface area (Å²) in [6.45, 7) is 0.668. The molecule has 0 unspecified atom stereocenters. The minimum Gasteiger partial charge on any atom is -0.492 e. The first-order valence-corrected chi connectivity index (χ1v) is 8.98. The molecule has 0 saturated carbocycles. The van der Waals surface area contributed by atoms with E-state index in [1.807, 2.05) is 30.3 Å². The van der Waals surface area contributed by atoms with Crippen molar-refractivity contribution >= 4 is 15.9 Å². The molecule has 0 spiro atoms. The second kappa shape index (κ2) is 8.61. The number of hydroxylamine groups is 1. The fourth-order valence-corrected chi connectivity index (χ4v) is 2.95. The van der Waals surface area contributed by atoms with Crippen LogP contribution in [-0.2, 0) is 14.9 Å². The number of nitrogens with one attached hydrogen (secondary N) is 1. The summed E-state index contributed by atoms with van der Waals surface area (Å²) >= 11 is 0. The van der Waals surface area contributed by atoms with Crippen LogP contribution >= 0.6 is 0 Å². The van der Waals surface area contributed by atoms with E-state index in [0.29, 0.717) is 18.7 Å². The van der Waals surface area contributed by atoms with Crippen LogP contribution in [-0.4, -0.2) is 46.1 Å². The first kappa shape index (κ1) is 18.9. The van der Waals surface area contributed by atoms with Crippen molar-refractivity contribution in [3.05, 3.63) is 60.2 Å². The van der Waals surface area contributed by atoms with Gasteiger partial charge in [-0.3, -0.25) is 9.63 Å². The standard InChI is InChI=1S/C17H20N2O5S/c1-19(23-2)25(21,22)16-10-8-14(9-11-16)17(20)18-12-13-24-15-6-4-3-5-7-15/h3-11H,12-13H2,1-2H3,(H,18,20). The zero-order chi connectivity index (χ0) is 18.3. The van der Waals surface area contributed by atoms with E-state index in [1.54, 1.807) is 0 Å². The molecule has 2 aromatic carbocycles. The maximum Gasteiger partial charge on any atom is 0.264 e. The molecule has 0 aliphatic rings. The molecule has 2 rings (SSSR count). The Bertz CT molecular complexity index is 792. The highest BCUT2D eigenvalue weighted by Crippen LogP contribution is 2.15. The first-order valence-electron chi connectivity index (χ1n) is 7.54. The van der Waals surface area contributed by atoms with Crippen molar-refractivity contribution < 1.29 is 22.8 Å². The summed E-state index contributed by atoms with van der Waals surface area (Å²) in [6.07, 6.45) is 0. The Labute approximate surface area is 147 Å². The van der Waals surface area contributed by atoms with E-state index in [4.69, 9.17) is 9.57 Å². The van der Waals surface area contributed by atoms with E-state index >= 15 is 0 Å². The average Bonchev–Trinajstić information content (AvgIpc) is 2.65. The Morgan fingerprint density at radius 1 is 1.08 bits per heavy atom. The van der Waals surface area contributed by atoms with Crippen LogP contribution in [0.5, 0.6) is 5.75 Å². The van der Waals surface area contributed by atoms with Gasteiger partial charge in [-0.1, -0.05) is 22.7 Å². The van der Waals surface area contributed by atoms with Gasteiger partial charge < -0.3 is 10.1 Å². The molecule has 0 aliphatic heterocycles. The van der Waals surface area contributed by atoms with Gasteiger partial charge in [0, 0.05) is 12.6 Å².